The van der Waals surface area contributed by atoms with Gasteiger partial charge in [0, 0.05) is 0 Å². The van der Waals surface area contributed by atoms with E-state index in [-0.39, 0.29) is 5.75 Å². The Bertz CT molecular complexity index is 318. The van der Waals surface area contributed by atoms with Crippen LogP contribution in [0, 0.1) is 5.92 Å². The van der Waals surface area contributed by atoms with Gasteiger partial charge in [0.2, 0.25) is 5.75 Å². The molecule has 1 N–H and O–H groups in total. The maximum Gasteiger partial charge on any atom is 0.200 e. The molecule has 0 aliphatic heterocycles. The van der Waals surface area contributed by atoms with Crippen LogP contribution in [0.4, 0.5) is 0 Å². The van der Waals surface area contributed by atoms with Crippen molar-refractivity contribution in [2.75, 3.05) is 13.7 Å². The third-order valence-electron chi connectivity index (χ3n) is 2.35. The second kappa shape index (κ2) is 3.78. The largest absolute Gasteiger partial charge is 0.502 e. The van der Waals surface area contributed by atoms with Crippen LogP contribution in [0.15, 0.2) is 18.2 Å². The number of hydrogen-bond donors (Lipinski definition) is 1. The summed E-state index contributed by atoms with van der Waals surface area (Å²) in [6.07, 6.45) is 2.48. The molecule has 0 unspecified atom stereocenters. The van der Waals surface area contributed by atoms with Crippen LogP contribution < -0.4 is 9.47 Å². The highest BCUT2D eigenvalue weighted by Gasteiger charge is 2.22. The van der Waals surface area contributed by atoms with Crippen LogP contribution in [0.1, 0.15) is 12.8 Å². The minimum Gasteiger partial charge on any atom is -0.502 e. The summed E-state index contributed by atoms with van der Waals surface area (Å²) in [5.41, 5.74) is 0. The molecule has 1 aromatic rings. The molecular weight excluding hydrogens is 180 g/mol. The molecule has 1 aromatic carbocycles. The zero-order valence-corrected chi connectivity index (χ0v) is 8.19. The van der Waals surface area contributed by atoms with Crippen molar-refractivity contribution in [3.05, 3.63) is 18.2 Å². The normalized spacial score (nSPS) is 15.2. The van der Waals surface area contributed by atoms with E-state index in [1.807, 2.05) is 0 Å². The Morgan fingerprint density at radius 3 is 2.71 bits per heavy atom. The van der Waals surface area contributed by atoms with Crippen molar-refractivity contribution < 1.29 is 14.6 Å². The Morgan fingerprint density at radius 2 is 2.07 bits per heavy atom. The topological polar surface area (TPSA) is 38.7 Å². The first kappa shape index (κ1) is 9.19. The van der Waals surface area contributed by atoms with Crippen LogP contribution in [-0.2, 0) is 0 Å². The Labute approximate surface area is 83.3 Å². The Hall–Kier alpha value is -1.38. The first-order valence-corrected chi connectivity index (χ1v) is 4.80. The highest BCUT2D eigenvalue weighted by Crippen LogP contribution is 2.37. The molecule has 0 bridgehead atoms. The Morgan fingerprint density at radius 1 is 1.36 bits per heavy atom. The van der Waals surface area contributed by atoms with Crippen LogP contribution >= 0.6 is 0 Å². The van der Waals surface area contributed by atoms with E-state index in [0.717, 1.165) is 0 Å². The number of benzene rings is 1. The minimum absolute atomic E-state index is 0.0932. The summed E-state index contributed by atoms with van der Waals surface area (Å²) in [5, 5.41) is 9.67. The van der Waals surface area contributed by atoms with Gasteiger partial charge in [0.25, 0.3) is 0 Å². The third-order valence-corrected chi connectivity index (χ3v) is 2.35. The zero-order chi connectivity index (χ0) is 9.97. The lowest BCUT2D eigenvalue weighted by Gasteiger charge is -2.09. The lowest BCUT2D eigenvalue weighted by atomic mass is 10.3. The van der Waals surface area contributed by atoms with Gasteiger partial charge in [-0.05, 0) is 30.9 Å². The second-order valence-electron chi connectivity index (χ2n) is 3.56. The van der Waals surface area contributed by atoms with Crippen LogP contribution in [-0.4, -0.2) is 18.8 Å². The maximum atomic E-state index is 9.67. The SMILES string of the molecule is COc1cccc(OCC2CC2)c1O. The summed E-state index contributed by atoms with van der Waals surface area (Å²) in [6.45, 7) is 0.695. The molecule has 0 radical (unpaired) electrons. The molecule has 14 heavy (non-hydrogen) atoms. The average molecular weight is 194 g/mol. The second-order valence-corrected chi connectivity index (χ2v) is 3.56. The van der Waals surface area contributed by atoms with E-state index < -0.39 is 0 Å². The monoisotopic (exact) mass is 194 g/mol. The molecule has 3 heteroatoms. The van der Waals surface area contributed by atoms with Gasteiger partial charge in [-0.2, -0.15) is 0 Å². The van der Waals surface area contributed by atoms with Gasteiger partial charge in [-0.1, -0.05) is 6.07 Å². The van der Waals surface area contributed by atoms with E-state index >= 15 is 0 Å². The van der Waals surface area contributed by atoms with Crippen molar-refractivity contribution in [2.24, 2.45) is 5.92 Å². The van der Waals surface area contributed by atoms with E-state index in [1.54, 1.807) is 18.2 Å². The Balaban J connectivity index is 2.06. The lowest BCUT2D eigenvalue weighted by molar-refractivity contribution is 0.277. The molecule has 0 aromatic heterocycles. The van der Waals surface area contributed by atoms with E-state index in [0.29, 0.717) is 24.0 Å². The van der Waals surface area contributed by atoms with Crippen LogP contribution in [0.5, 0.6) is 17.2 Å². The molecule has 1 aliphatic rings. The summed E-state index contributed by atoms with van der Waals surface area (Å²) in [6, 6.07) is 5.26. The molecular formula is C11H14O3. The quantitative estimate of drug-likeness (QED) is 0.798. The van der Waals surface area contributed by atoms with Crippen LogP contribution in [0.2, 0.25) is 0 Å². The van der Waals surface area contributed by atoms with Gasteiger partial charge in [-0.25, -0.2) is 0 Å². The number of phenolic OH excluding ortho intramolecular Hbond substituents is 1. The van der Waals surface area contributed by atoms with Gasteiger partial charge in [0.05, 0.1) is 13.7 Å². The highest BCUT2D eigenvalue weighted by molar-refractivity contribution is 5.49. The van der Waals surface area contributed by atoms with Crippen molar-refractivity contribution >= 4 is 0 Å². The highest BCUT2D eigenvalue weighted by atomic mass is 16.5. The van der Waals surface area contributed by atoms with Gasteiger partial charge in [0.15, 0.2) is 11.5 Å². The maximum absolute atomic E-state index is 9.67. The molecule has 0 atom stereocenters. The third kappa shape index (κ3) is 1.92. The van der Waals surface area contributed by atoms with Crippen LogP contribution in [0.25, 0.3) is 0 Å². The number of aromatic hydroxyl groups is 1. The molecule has 0 heterocycles. The van der Waals surface area contributed by atoms with Crippen molar-refractivity contribution in [3.8, 4) is 17.2 Å². The van der Waals surface area contributed by atoms with E-state index in [9.17, 15) is 5.11 Å². The molecule has 0 saturated heterocycles. The number of para-hydroxylation sites is 1. The summed E-state index contributed by atoms with van der Waals surface area (Å²) in [5.74, 6) is 1.74. The van der Waals surface area contributed by atoms with E-state index in [1.165, 1.54) is 20.0 Å². The number of methoxy groups -OCH3 is 1. The van der Waals surface area contributed by atoms with Gasteiger partial charge in [0.1, 0.15) is 0 Å². The number of phenols is 1. The lowest BCUT2D eigenvalue weighted by Crippen LogP contribution is -1.99. The molecule has 1 aliphatic carbocycles. The molecule has 2 rings (SSSR count). The fourth-order valence-corrected chi connectivity index (χ4v) is 1.28. The van der Waals surface area contributed by atoms with E-state index in [4.69, 9.17) is 9.47 Å². The smallest absolute Gasteiger partial charge is 0.200 e. The van der Waals surface area contributed by atoms with Gasteiger partial charge < -0.3 is 14.6 Å². The first-order valence-electron chi connectivity index (χ1n) is 4.80. The summed E-state index contributed by atoms with van der Waals surface area (Å²) >= 11 is 0. The average Bonchev–Trinajstić information content (AvgIpc) is 3.00. The zero-order valence-electron chi connectivity index (χ0n) is 8.19. The van der Waals surface area contributed by atoms with Crippen molar-refractivity contribution in [3.63, 3.8) is 0 Å². The number of ether oxygens (including phenoxy) is 2. The summed E-state index contributed by atoms with van der Waals surface area (Å²) in [7, 11) is 1.53. The van der Waals surface area contributed by atoms with Crippen molar-refractivity contribution in [1.82, 2.24) is 0 Å². The molecule has 3 nitrogen and oxygen atoms in total. The van der Waals surface area contributed by atoms with E-state index in [2.05, 4.69) is 0 Å². The summed E-state index contributed by atoms with van der Waals surface area (Å²) in [4.78, 5) is 0. The molecule has 0 amide bonds. The summed E-state index contributed by atoms with van der Waals surface area (Å²) < 4.78 is 10.5. The minimum atomic E-state index is 0.0932. The van der Waals surface area contributed by atoms with Gasteiger partial charge in [-0.3, -0.25) is 0 Å². The number of rotatable bonds is 4. The predicted molar refractivity (Wildman–Crippen MR) is 52.9 cm³/mol. The van der Waals surface area contributed by atoms with Crippen molar-refractivity contribution in [1.29, 1.82) is 0 Å². The van der Waals surface area contributed by atoms with Gasteiger partial charge >= 0.3 is 0 Å². The fraction of sp³-hybridized carbons (Fsp3) is 0.455. The van der Waals surface area contributed by atoms with Crippen molar-refractivity contribution in [2.45, 2.75) is 12.8 Å². The number of hydrogen-bond acceptors (Lipinski definition) is 3. The first-order chi connectivity index (χ1) is 6.81. The molecule has 0 spiro atoms. The molecule has 1 saturated carbocycles. The molecule has 76 valence electrons. The molecule has 1 fully saturated rings. The fourth-order valence-electron chi connectivity index (χ4n) is 1.28. The van der Waals surface area contributed by atoms with Gasteiger partial charge in [-0.15, -0.1) is 0 Å². The predicted octanol–water partition coefficient (Wildman–Crippen LogP) is 2.19. The van der Waals surface area contributed by atoms with Crippen LogP contribution in [0.3, 0.4) is 0 Å². The Kier molecular flexibility index (Phi) is 2.48. The standard InChI is InChI=1S/C11H14O3/c1-13-9-3-2-4-10(11(9)12)14-7-8-5-6-8/h2-4,8,12H,5-7H2,1H3.